The summed E-state index contributed by atoms with van der Waals surface area (Å²) in [6, 6.07) is 12.3. The highest BCUT2D eigenvalue weighted by molar-refractivity contribution is 9.10. The van der Waals surface area contributed by atoms with E-state index in [-0.39, 0.29) is 18.9 Å². The summed E-state index contributed by atoms with van der Waals surface area (Å²) >= 11 is 9.17. The van der Waals surface area contributed by atoms with Gasteiger partial charge in [-0.05, 0) is 42.3 Å². The van der Waals surface area contributed by atoms with Crippen LogP contribution in [0.4, 0.5) is 5.69 Å². The zero-order valence-corrected chi connectivity index (χ0v) is 14.8. The Balaban J connectivity index is 1.80. The van der Waals surface area contributed by atoms with Gasteiger partial charge in [-0.2, -0.15) is 0 Å². The molecule has 0 aliphatic heterocycles. The molecule has 1 amide bonds. The van der Waals surface area contributed by atoms with E-state index < -0.39 is 5.97 Å². The average Bonchev–Trinajstić information content (AvgIpc) is 2.51. The van der Waals surface area contributed by atoms with Crippen molar-refractivity contribution < 1.29 is 14.3 Å². The number of aryl methyl sites for hydroxylation is 1. The van der Waals surface area contributed by atoms with Crippen molar-refractivity contribution in [1.82, 2.24) is 0 Å². The molecule has 1 N–H and O–H groups in total. The van der Waals surface area contributed by atoms with Crippen molar-refractivity contribution in [1.29, 1.82) is 0 Å². The Morgan fingerprint density at radius 2 is 1.87 bits per heavy atom. The second-order valence-electron chi connectivity index (χ2n) is 4.98. The maximum Gasteiger partial charge on any atom is 0.310 e. The van der Waals surface area contributed by atoms with Crippen LogP contribution in [-0.4, -0.2) is 18.5 Å². The van der Waals surface area contributed by atoms with Gasteiger partial charge in [0, 0.05) is 15.2 Å². The zero-order valence-electron chi connectivity index (χ0n) is 12.4. The summed E-state index contributed by atoms with van der Waals surface area (Å²) in [4.78, 5) is 23.5. The van der Waals surface area contributed by atoms with Crippen molar-refractivity contribution in [2.75, 3.05) is 11.9 Å². The lowest BCUT2D eigenvalue weighted by Gasteiger charge is -2.08. The molecule has 2 rings (SSSR count). The first kappa shape index (κ1) is 17.5. The number of anilines is 1. The molecule has 0 fully saturated rings. The Bertz CT molecular complexity index is 716. The number of ether oxygens (including phenoxy) is 1. The molecule has 0 bridgehead atoms. The van der Waals surface area contributed by atoms with Crippen LogP contribution in [0, 0.1) is 6.92 Å². The molecule has 23 heavy (non-hydrogen) atoms. The number of hydrogen-bond acceptors (Lipinski definition) is 3. The lowest BCUT2D eigenvalue weighted by molar-refractivity contribution is -0.146. The fraction of sp³-hybridized carbons (Fsp3) is 0.176. The van der Waals surface area contributed by atoms with Crippen molar-refractivity contribution in [2.24, 2.45) is 0 Å². The molecule has 2 aromatic rings. The largest absolute Gasteiger partial charge is 0.455 e. The van der Waals surface area contributed by atoms with Gasteiger partial charge in [-0.15, -0.1) is 0 Å². The lowest BCUT2D eigenvalue weighted by atomic mass is 10.1. The number of nitrogens with one attached hydrogen (secondary N) is 1. The molecule has 6 heteroatoms. The molecule has 0 heterocycles. The molecule has 0 aliphatic rings. The third-order valence-corrected chi connectivity index (χ3v) is 4.19. The van der Waals surface area contributed by atoms with Crippen molar-refractivity contribution in [3.05, 3.63) is 63.1 Å². The van der Waals surface area contributed by atoms with Gasteiger partial charge in [-0.1, -0.05) is 45.7 Å². The Kier molecular flexibility index (Phi) is 6.19. The van der Waals surface area contributed by atoms with Crippen LogP contribution in [0.15, 0.2) is 46.9 Å². The van der Waals surface area contributed by atoms with Gasteiger partial charge in [-0.3, -0.25) is 9.59 Å². The van der Waals surface area contributed by atoms with Crippen molar-refractivity contribution >= 4 is 45.1 Å². The van der Waals surface area contributed by atoms with E-state index in [2.05, 4.69) is 21.2 Å². The number of rotatable bonds is 5. The minimum absolute atomic E-state index is 0.0977. The first-order valence-corrected chi connectivity index (χ1v) is 8.07. The quantitative estimate of drug-likeness (QED) is 0.773. The lowest BCUT2D eigenvalue weighted by Crippen LogP contribution is -2.21. The molecule has 0 radical (unpaired) electrons. The molecular weight excluding hydrogens is 382 g/mol. The molecule has 120 valence electrons. The molecule has 0 aliphatic carbocycles. The van der Waals surface area contributed by atoms with E-state index in [0.717, 1.165) is 15.6 Å². The third-order valence-electron chi connectivity index (χ3n) is 3.08. The van der Waals surface area contributed by atoms with Crippen LogP contribution in [0.1, 0.15) is 11.1 Å². The van der Waals surface area contributed by atoms with Crippen LogP contribution in [0.5, 0.6) is 0 Å². The van der Waals surface area contributed by atoms with Gasteiger partial charge in [0.1, 0.15) is 0 Å². The monoisotopic (exact) mass is 395 g/mol. The molecular formula is C17H15BrClNO3. The van der Waals surface area contributed by atoms with E-state index in [0.29, 0.717) is 10.7 Å². The topological polar surface area (TPSA) is 55.4 Å². The molecule has 0 saturated heterocycles. The number of amides is 1. The van der Waals surface area contributed by atoms with Crippen molar-refractivity contribution in [2.45, 2.75) is 13.3 Å². The predicted octanol–water partition coefficient (Wildman–Crippen LogP) is 4.14. The molecule has 0 spiro atoms. The van der Waals surface area contributed by atoms with Crippen LogP contribution in [0.3, 0.4) is 0 Å². The van der Waals surface area contributed by atoms with Gasteiger partial charge in [0.2, 0.25) is 0 Å². The van der Waals surface area contributed by atoms with E-state index in [1.807, 2.05) is 13.0 Å². The zero-order chi connectivity index (χ0) is 16.8. The summed E-state index contributed by atoms with van der Waals surface area (Å²) in [5.74, 6) is -0.849. The average molecular weight is 397 g/mol. The maximum atomic E-state index is 11.8. The minimum Gasteiger partial charge on any atom is -0.455 e. The number of hydrogen-bond donors (Lipinski definition) is 1. The Morgan fingerprint density at radius 3 is 2.52 bits per heavy atom. The van der Waals surface area contributed by atoms with Gasteiger partial charge in [0.15, 0.2) is 6.61 Å². The smallest absolute Gasteiger partial charge is 0.310 e. The fourth-order valence-corrected chi connectivity index (χ4v) is 2.34. The summed E-state index contributed by atoms with van der Waals surface area (Å²) < 4.78 is 5.87. The summed E-state index contributed by atoms with van der Waals surface area (Å²) in [5.41, 5.74) is 2.49. The number of carbonyl (C=O) groups is 2. The molecule has 2 aromatic carbocycles. The molecule has 0 aromatic heterocycles. The molecule has 4 nitrogen and oxygen atoms in total. The van der Waals surface area contributed by atoms with Crippen molar-refractivity contribution in [3.8, 4) is 0 Å². The second kappa shape index (κ2) is 8.13. The number of halogens is 2. The van der Waals surface area contributed by atoms with E-state index in [9.17, 15) is 9.59 Å². The highest BCUT2D eigenvalue weighted by Crippen LogP contribution is 2.20. The highest BCUT2D eigenvalue weighted by Gasteiger charge is 2.09. The molecule has 0 unspecified atom stereocenters. The van der Waals surface area contributed by atoms with E-state index in [1.54, 1.807) is 36.4 Å². The van der Waals surface area contributed by atoms with Gasteiger partial charge in [-0.25, -0.2) is 0 Å². The fourth-order valence-electron chi connectivity index (χ4n) is 1.83. The van der Waals surface area contributed by atoms with Crippen LogP contribution in [0.2, 0.25) is 5.02 Å². The highest BCUT2D eigenvalue weighted by atomic mass is 79.9. The molecule has 0 atom stereocenters. The van der Waals surface area contributed by atoms with E-state index in [1.165, 1.54) is 0 Å². The summed E-state index contributed by atoms with van der Waals surface area (Å²) in [6.07, 6.45) is 0.0977. The summed E-state index contributed by atoms with van der Waals surface area (Å²) in [7, 11) is 0. The number of carbonyl (C=O) groups excluding carboxylic acids is 2. The van der Waals surface area contributed by atoms with Crippen LogP contribution >= 0.6 is 27.5 Å². The number of benzene rings is 2. The van der Waals surface area contributed by atoms with Crippen LogP contribution in [-0.2, 0) is 20.7 Å². The SMILES string of the molecule is Cc1ccc(NC(=O)COC(=O)Cc2ccc(Cl)cc2)cc1Br. The van der Waals surface area contributed by atoms with Crippen molar-refractivity contribution in [3.63, 3.8) is 0 Å². The Hall–Kier alpha value is -1.85. The second-order valence-corrected chi connectivity index (χ2v) is 6.27. The van der Waals surface area contributed by atoms with E-state index in [4.69, 9.17) is 16.3 Å². The number of esters is 1. The first-order valence-electron chi connectivity index (χ1n) is 6.90. The third kappa shape index (κ3) is 5.69. The maximum absolute atomic E-state index is 11.8. The van der Waals surface area contributed by atoms with E-state index >= 15 is 0 Å². The summed E-state index contributed by atoms with van der Waals surface area (Å²) in [5, 5.41) is 3.28. The molecule has 0 saturated carbocycles. The Labute approximate surface area is 147 Å². The summed E-state index contributed by atoms with van der Waals surface area (Å²) in [6.45, 7) is 1.63. The van der Waals surface area contributed by atoms with Gasteiger partial charge < -0.3 is 10.1 Å². The van der Waals surface area contributed by atoms with Crippen LogP contribution < -0.4 is 5.32 Å². The van der Waals surface area contributed by atoms with Gasteiger partial charge >= 0.3 is 5.97 Å². The van der Waals surface area contributed by atoms with Crippen LogP contribution in [0.25, 0.3) is 0 Å². The standard InChI is InChI=1S/C17H15BrClNO3/c1-11-2-7-14(9-15(11)18)20-16(21)10-23-17(22)8-12-3-5-13(19)6-4-12/h2-7,9H,8,10H2,1H3,(H,20,21). The van der Waals surface area contributed by atoms with Gasteiger partial charge in [0.05, 0.1) is 6.42 Å². The Morgan fingerprint density at radius 1 is 1.17 bits per heavy atom. The minimum atomic E-state index is -0.465. The first-order chi connectivity index (χ1) is 10.9. The predicted molar refractivity (Wildman–Crippen MR) is 93.6 cm³/mol. The van der Waals surface area contributed by atoms with Gasteiger partial charge in [0.25, 0.3) is 5.91 Å². The normalized spacial score (nSPS) is 10.2.